The number of piperazine rings is 1. The van der Waals surface area contributed by atoms with Crippen LogP contribution in [0.25, 0.3) is 10.9 Å². The number of benzene rings is 1. The molecule has 0 spiro atoms. The van der Waals surface area contributed by atoms with E-state index >= 15 is 0 Å². The largest absolute Gasteiger partial charge is 0.348 e. The standard InChI is InChI=1S/C18H23N5O2/c1-11(24)23-9-13-7-12(8-14(10-23)22(13)2)19-18(25)17-15-5-3-4-6-16(15)20-21-17/h3-6,12-14H,7-10H2,1-2H3,(H,19,25)(H,20,21). The highest BCUT2D eigenvalue weighted by atomic mass is 16.2. The second-order valence-electron chi connectivity index (χ2n) is 7.16. The summed E-state index contributed by atoms with van der Waals surface area (Å²) in [4.78, 5) is 28.7. The van der Waals surface area contributed by atoms with E-state index in [4.69, 9.17) is 0 Å². The van der Waals surface area contributed by atoms with Crippen LogP contribution in [-0.2, 0) is 4.79 Å². The van der Waals surface area contributed by atoms with Gasteiger partial charge in [0.1, 0.15) is 0 Å². The van der Waals surface area contributed by atoms with Gasteiger partial charge in [-0.3, -0.25) is 19.6 Å². The number of amides is 2. The Morgan fingerprint density at radius 3 is 2.56 bits per heavy atom. The Labute approximate surface area is 146 Å². The third kappa shape index (κ3) is 2.89. The van der Waals surface area contributed by atoms with E-state index in [9.17, 15) is 9.59 Å². The van der Waals surface area contributed by atoms with Crippen LogP contribution >= 0.6 is 0 Å². The minimum absolute atomic E-state index is 0.114. The predicted octanol–water partition coefficient (Wildman–Crippen LogP) is 0.986. The molecular formula is C18H23N5O2. The summed E-state index contributed by atoms with van der Waals surface area (Å²) in [5, 5.41) is 11.1. The molecule has 7 nitrogen and oxygen atoms in total. The minimum atomic E-state index is -0.131. The number of carbonyl (C=O) groups is 2. The number of fused-ring (bicyclic) bond motifs is 3. The van der Waals surface area contributed by atoms with Crippen LogP contribution in [0.5, 0.6) is 0 Å². The van der Waals surface area contributed by atoms with Gasteiger partial charge in [0.25, 0.3) is 5.91 Å². The average Bonchev–Trinajstić information content (AvgIpc) is 2.99. The molecule has 2 aliphatic heterocycles. The van der Waals surface area contributed by atoms with Crippen molar-refractivity contribution in [1.29, 1.82) is 0 Å². The van der Waals surface area contributed by atoms with Crippen LogP contribution in [-0.4, -0.2) is 70.1 Å². The molecule has 25 heavy (non-hydrogen) atoms. The first-order valence-corrected chi connectivity index (χ1v) is 8.74. The summed E-state index contributed by atoms with van der Waals surface area (Å²) in [6.45, 7) is 3.10. The Morgan fingerprint density at radius 2 is 1.88 bits per heavy atom. The molecule has 2 aromatic rings. The lowest BCUT2D eigenvalue weighted by Gasteiger charge is -2.50. The Bertz CT molecular complexity index is 801. The lowest BCUT2D eigenvalue weighted by atomic mass is 9.88. The second-order valence-corrected chi connectivity index (χ2v) is 7.16. The quantitative estimate of drug-likeness (QED) is 0.853. The molecule has 132 valence electrons. The highest BCUT2D eigenvalue weighted by molar-refractivity contribution is 6.04. The van der Waals surface area contributed by atoms with Crippen molar-refractivity contribution in [2.24, 2.45) is 0 Å². The Hall–Kier alpha value is -2.41. The lowest BCUT2D eigenvalue weighted by molar-refractivity contribution is -0.134. The van der Waals surface area contributed by atoms with Crippen LogP contribution in [0.3, 0.4) is 0 Å². The number of hydrogen-bond acceptors (Lipinski definition) is 4. The van der Waals surface area contributed by atoms with Crippen LogP contribution in [0, 0.1) is 0 Å². The van der Waals surface area contributed by atoms with E-state index in [-0.39, 0.29) is 29.9 Å². The van der Waals surface area contributed by atoms with Crippen LogP contribution in [0.15, 0.2) is 24.3 Å². The number of nitrogens with one attached hydrogen (secondary N) is 2. The van der Waals surface area contributed by atoms with Gasteiger partial charge in [0.15, 0.2) is 5.69 Å². The van der Waals surface area contributed by atoms with Crippen molar-refractivity contribution in [1.82, 2.24) is 25.3 Å². The first-order chi connectivity index (χ1) is 12.0. The van der Waals surface area contributed by atoms with Gasteiger partial charge in [0.2, 0.25) is 5.91 Å². The molecule has 4 rings (SSSR count). The van der Waals surface area contributed by atoms with E-state index in [1.165, 1.54) is 0 Å². The fourth-order valence-electron chi connectivity index (χ4n) is 4.14. The Balaban J connectivity index is 1.47. The van der Waals surface area contributed by atoms with Crippen molar-refractivity contribution in [3.63, 3.8) is 0 Å². The number of hydrogen-bond donors (Lipinski definition) is 2. The summed E-state index contributed by atoms with van der Waals surface area (Å²) < 4.78 is 0. The van der Waals surface area contributed by atoms with Crippen LogP contribution in [0.1, 0.15) is 30.3 Å². The first kappa shape index (κ1) is 16.1. The fraction of sp³-hybridized carbons (Fsp3) is 0.500. The third-order valence-electron chi connectivity index (χ3n) is 5.59. The summed E-state index contributed by atoms with van der Waals surface area (Å²) in [5.41, 5.74) is 1.31. The maximum absolute atomic E-state index is 12.7. The highest BCUT2D eigenvalue weighted by Gasteiger charge is 2.40. The molecule has 2 N–H and O–H groups in total. The number of likely N-dealkylation sites (tertiary alicyclic amines) is 1. The van der Waals surface area contributed by atoms with Crippen LogP contribution in [0.2, 0.25) is 0 Å². The maximum Gasteiger partial charge on any atom is 0.272 e. The number of H-pyrrole nitrogens is 1. The molecule has 7 heteroatoms. The maximum atomic E-state index is 12.7. The van der Waals surface area contributed by atoms with Crippen molar-refractivity contribution < 1.29 is 9.59 Å². The van der Waals surface area contributed by atoms with Gasteiger partial charge in [-0.05, 0) is 26.0 Å². The fourth-order valence-corrected chi connectivity index (χ4v) is 4.14. The Kier molecular flexibility index (Phi) is 3.95. The molecule has 0 aliphatic carbocycles. The van der Waals surface area contributed by atoms with Crippen LogP contribution < -0.4 is 5.32 Å². The topological polar surface area (TPSA) is 81.3 Å². The monoisotopic (exact) mass is 341 g/mol. The zero-order valence-electron chi connectivity index (χ0n) is 14.5. The normalized spacial score (nSPS) is 26.6. The van der Waals surface area contributed by atoms with Gasteiger partial charge in [0, 0.05) is 43.5 Å². The smallest absolute Gasteiger partial charge is 0.272 e. The SMILES string of the molecule is CC(=O)N1CC2CC(NC(=O)c3n[nH]c4ccccc34)CC(C1)N2C. The minimum Gasteiger partial charge on any atom is -0.348 e. The molecule has 0 radical (unpaired) electrons. The molecule has 1 aromatic carbocycles. The number of nitrogens with zero attached hydrogens (tertiary/aromatic N) is 3. The number of aromatic nitrogens is 2. The molecule has 2 saturated heterocycles. The Morgan fingerprint density at radius 1 is 1.20 bits per heavy atom. The van der Waals surface area contributed by atoms with E-state index in [1.54, 1.807) is 6.92 Å². The van der Waals surface area contributed by atoms with Crippen molar-refractivity contribution in [2.75, 3.05) is 20.1 Å². The zero-order chi connectivity index (χ0) is 17.6. The van der Waals surface area contributed by atoms with Crippen LogP contribution in [0.4, 0.5) is 0 Å². The van der Waals surface area contributed by atoms with E-state index in [0.717, 1.165) is 36.8 Å². The summed E-state index contributed by atoms with van der Waals surface area (Å²) >= 11 is 0. The van der Waals surface area contributed by atoms with Crippen molar-refractivity contribution in [2.45, 2.75) is 37.9 Å². The van der Waals surface area contributed by atoms with Crippen molar-refractivity contribution in [3.05, 3.63) is 30.0 Å². The lowest BCUT2D eigenvalue weighted by Crippen LogP contribution is -2.64. The molecule has 2 fully saturated rings. The number of para-hydroxylation sites is 1. The number of aromatic amines is 1. The number of likely N-dealkylation sites (N-methyl/N-ethyl adjacent to an activating group) is 1. The molecule has 2 bridgehead atoms. The average molecular weight is 341 g/mol. The molecule has 1 aromatic heterocycles. The third-order valence-corrected chi connectivity index (χ3v) is 5.59. The highest BCUT2D eigenvalue weighted by Crippen LogP contribution is 2.28. The van der Waals surface area contributed by atoms with Gasteiger partial charge in [-0.15, -0.1) is 0 Å². The number of carbonyl (C=O) groups excluding carboxylic acids is 2. The van der Waals surface area contributed by atoms with Gasteiger partial charge in [-0.25, -0.2) is 0 Å². The summed E-state index contributed by atoms with van der Waals surface area (Å²) in [7, 11) is 2.12. The molecule has 0 saturated carbocycles. The van der Waals surface area contributed by atoms with E-state index in [0.29, 0.717) is 5.69 Å². The molecule has 2 unspecified atom stereocenters. The molecule has 2 atom stereocenters. The van der Waals surface area contributed by atoms with Crippen molar-refractivity contribution in [3.8, 4) is 0 Å². The molecule has 2 amide bonds. The van der Waals surface area contributed by atoms with Gasteiger partial charge >= 0.3 is 0 Å². The van der Waals surface area contributed by atoms with E-state index in [1.807, 2.05) is 29.2 Å². The summed E-state index contributed by atoms with van der Waals surface area (Å²) in [6, 6.07) is 8.34. The van der Waals surface area contributed by atoms with Gasteiger partial charge < -0.3 is 10.2 Å². The zero-order valence-corrected chi connectivity index (χ0v) is 14.5. The van der Waals surface area contributed by atoms with Gasteiger partial charge in [-0.2, -0.15) is 5.10 Å². The molecular weight excluding hydrogens is 318 g/mol. The second kappa shape index (κ2) is 6.15. The number of piperidine rings is 1. The molecule has 3 heterocycles. The molecule has 2 aliphatic rings. The van der Waals surface area contributed by atoms with Crippen molar-refractivity contribution >= 4 is 22.7 Å². The summed E-state index contributed by atoms with van der Waals surface area (Å²) in [6.07, 6.45) is 1.70. The number of rotatable bonds is 2. The summed E-state index contributed by atoms with van der Waals surface area (Å²) in [5.74, 6) is 0.00192. The first-order valence-electron chi connectivity index (χ1n) is 8.74. The van der Waals surface area contributed by atoms with E-state index < -0.39 is 0 Å². The van der Waals surface area contributed by atoms with Gasteiger partial charge in [-0.1, -0.05) is 18.2 Å². The van der Waals surface area contributed by atoms with E-state index in [2.05, 4.69) is 27.5 Å². The van der Waals surface area contributed by atoms with Gasteiger partial charge in [0.05, 0.1) is 5.52 Å². The predicted molar refractivity (Wildman–Crippen MR) is 94.2 cm³/mol.